The SMILES string of the molecule is CCN1CCC(CCNC(=NC)N2CCC(C(=O)OC)CC2)CC1.I. The number of carbonyl (C=O) groups is 1. The molecule has 25 heavy (non-hydrogen) atoms. The van der Waals surface area contributed by atoms with Crippen molar-refractivity contribution in [1.29, 1.82) is 0 Å². The van der Waals surface area contributed by atoms with Crippen LogP contribution < -0.4 is 5.32 Å². The molecule has 0 amide bonds. The molecule has 0 radical (unpaired) electrons. The van der Waals surface area contributed by atoms with E-state index in [2.05, 4.69) is 27.0 Å². The number of hydrogen-bond acceptors (Lipinski definition) is 4. The van der Waals surface area contributed by atoms with Crippen molar-refractivity contribution < 1.29 is 9.53 Å². The number of methoxy groups -OCH3 is 1. The second-order valence-corrected chi connectivity index (χ2v) is 6.92. The normalized spacial score (nSPS) is 20.9. The third-order valence-electron chi connectivity index (χ3n) is 5.53. The van der Waals surface area contributed by atoms with E-state index < -0.39 is 0 Å². The number of piperidine rings is 2. The zero-order chi connectivity index (χ0) is 17.4. The highest BCUT2D eigenvalue weighted by Crippen LogP contribution is 2.20. The van der Waals surface area contributed by atoms with Crippen LogP contribution in [0, 0.1) is 11.8 Å². The molecule has 1 N–H and O–H groups in total. The van der Waals surface area contributed by atoms with Crippen LogP contribution in [0.4, 0.5) is 0 Å². The van der Waals surface area contributed by atoms with Crippen molar-refractivity contribution in [3.05, 3.63) is 0 Å². The Balaban J connectivity index is 0.00000312. The molecule has 0 unspecified atom stereocenters. The summed E-state index contributed by atoms with van der Waals surface area (Å²) in [5.41, 5.74) is 0. The first kappa shape index (κ1) is 22.5. The van der Waals surface area contributed by atoms with Gasteiger partial charge in [-0.3, -0.25) is 9.79 Å². The number of carbonyl (C=O) groups excluding carboxylic acids is 1. The number of halogens is 1. The Morgan fingerprint density at radius 1 is 1.16 bits per heavy atom. The number of hydrogen-bond donors (Lipinski definition) is 1. The molecule has 0 saturated carbocycles. The lowest BCUT2D eigenvalue weighted by atomic mass is 9.93. The van der Waals surface area contributed by atoms with Gasteiger partial charge in [0.05, 0.1) is 13.0 Å². The Labute approximate surface area is 169 Å². The van der Waals surface area contributed by atoms with Gasteiger partial charge in [0.1, 0.15) is 0 Å². The molecule has 0 atom stereocenters. The summed E-state index contributed by atoms with van der Waals surface area (Å²) < 4.78 is 4.85. The minimum Gasteiger partial charge on any atom is -0.469 e. The van der Waals surface area contributed by atoms with Crippen LogP contribution in [0.2, 0.25) is 0 Å². The van der Waals surface area contributed by atoms with Crippen molar-refractivity contribution in [2.45, 2.75) is 39.0 Å². The van der Waals surface area contributed by atoms with E-state index in [1.807, 2.05) is 7.05 Å². The summed E-state index contributed by atoms with van der Waals surface area (Å²) in [5.74, 6) is 1.79. The van der Waals surface area contributed by atoms with Gasteiger partial charge in [-0.2, -0.15) is 0 Å². The average molecular weight is 466 g/mol. The highest BCUT2D eigenvalue weighted by Gasteiger charge is 2.27. The van der Waals surface area contributed by atoms with Crippen LogP contribution in [0.25, 0.3) is 0 Å². The van der Waals surface area contributed by atoms with E-state index in [-0.39, 0.29) is 35.9 Å². The molecule has 0 bridgehead atoms. The summed E-state index contributed by atoms with van der Waals surface area (Å²) >= 11 is 0. The molecule has 0 aromatic rings. The van der Waals surface area contributed by atoms with Crippen molar-refractivity contribution in [3.63, 3.8) is 0 Å². The molecule has 2 rings (SSSR count). The van der Waals surface area contributed by atoms with Crippen LogP contribution >= 0.6 is 24.0 Å². The smallest absolute Gasteiger partial charge is 0.308 e. The van der Waals surface area contributed by atoms with Gasteiger partial charge in [0.2, 0.25) is 0 Å². The maximum atomic E-state index is 11.6. The molecule has 2 saturated heterocycles. The molecule has 0 aliphatic carbocycles. The Kier molecular flexibility index (Phi) is 10.7. The minimum absolute atomic E-state index is 0. The van der Waals surface area contributed by atoms with Crippen LogP contribution in [0.1, 0.15) is 39.0 Å². The molecular weight excluding hydrogens is 431 g/mol. The molecule has 146 valence electrons. The minimum atomic E-state index is -0.0731. The number of esters is 1. The number of likely N-dealkylation sites (tertiary alicyclic amines) is 2. The van der Waals surface area contributed by atoms with Crippen LogP contribution in [0.3, 0.4) is 0 Å². The van der Waals surface area contributed by atoms with E-state index in [1.54, 1.807) is 0 Å². The first-order valence-electron chi connectivity index (χ1n) is 9.43. The molecule has 0 aromatic heterocycles. The summed E-state index contributed by atoms with van der Waals surface area (Å²) in [4.78, 5) is 20.8. The Bertz CT molecular complexity index is 417. The first-order valence-corrected chi connectivity index (χ1v) is 9.43. The third-order valence-corrected chi connectivity index (χ3v) is 5.53. The first-order chi connectivity index (χ1) is 11.7. The number of guanidine groups is 1. The second-order valence-electron chi connectivity index (χ2n) is 6.92. The van der Waals surface area contributed by atoms with Crippen molar-refractivity contribution in [2.24, 2.45) is 16.8 Å². The van der Waals surface area contributed by atoms with Crippen LogP contribution in [-0.2, 0) is 9.53 Å². The number of ether oxygens (including phenoxy) is 1. The van der Waals surface area contributed by atoms with Crippen LogP contribution in [-0.4, -0.2) is 75.2 Å². The molecule has 2 aliphatic rings. The Hall–Kier alpha value is -0.570. The Morgan fingerprint density at radius 3 is 2.32 bits per heavy atom. The largest absolute Gasteiger partial charge is 0.469 e. The predicted octanol–water partition coefficient (Wildman–Crippen LogP) is 2.19. The van der Waals surface area contributed by atoms with Gasteiger partial charge < -0.3 is 19.9 Å². The molecule has 2 aliphatic heterocycles. The van der Waals surface area contributed by atoms with Crippen molar-refractivity contribution >= 4 is 35.9 Å². The highest BCUT2D eigenvalue weighted by molar-refractivity contribution is 14.0. The molecule has 7 heteroatoms. The number of aliphatic imine (C=N–C) groups is 1. The van der Waals surface area contributed by atoms with Crippen molar-refractivity contribution in [2.75, 3.05) is 53.4 Å². The molecule has 2 fully saturated rings. The number of nitrogens with one attached hydrogen (secondary N) is 1. The van der Waals surface area contributed by atoms with E-state index in [9.17, 15) is 4.79 Å². The van der Waals surface area contributed by atoms with Gasteiger partial charge in [-0.1, -0.05) is 6.92 Å². The third kappa shape index (κ3) is 6.92. The van der Waals surface area contributed by atoms with Gasteiger partial charge in [0.15, 0.2) is 5.96 Å². The van der Waals surface area contributed by atoms with E-state index in [0.29, 0.717) is 0 Å². The van der Waals surface area contributed by atoms with Crippen molar-refractivity contribution in [1.82, 2.24) is 15.1 Å². The van der Waals surface area contributed by atoms with E-state index in [4.69, 9.17) is 4.74 Å². The van der Waals surface area contributed by atoms with Gasteiger partial charge in [0.25, 0.3) is 0 Å². The van der Waals surface area contributed by atoms with E-state index in [1.165, 1.54) is 46.0 Å². The molecule has 6 nitrogen and oxygen atoms in total. The summed E-state index contributed by atoms with van der Waals surface area (Å²) in [7, 11) is 3.31. The quantitative estimate of drug-likeness (QED) is 0.292. The van der Waals surface area contributed by atoms with Crippen LogP contribution in [0.5, 0.6) is 0 Å². The molecule has 0 spiro atoms. The van der Waals surface area contributed by atoms with E-state index in [0.717, 1.165) is 44.4 Å². The predicted molar refractivity (Wildman–Crippen MR) is 113 cm³/mol. The van der Waals surface area contributed by atoms with Gasteiger partial charge in [-0.25, -0.2) is 0 Å². The zero-order valence-electron chi connectivity index (χ0n) is 16.0. The topological polar surface area (TPSA) is 57.2 Å². The maximum absolute atomic E-state index is 11.6. The number of nitrogens with zero attached hydrogens (tertiary/aromatic N) is 3. The molecule has 2 heterocycles. The van der Waals surface area contributed by atoms with Crippen LogP contribution in [0.15, 0.2) is 4.99 Å². The lowest BCUT2D eigenvalue weighted by Gasteiger charge is -2.34. The Morgan fingerprint density at radius 2 is 1.80 bits per heavy atom. The fraction of sp³-hybridized carbons (Fsp3) is 0.889. The average Bonchev–Trinajstić information content (AvgIpc) is 2.65. The van der Waals surface area contributed by atoms with Gasteiger partial charge in [-0.05, 0) is 57.7 Å². The fourth-order valence-electron chi connectivity index (χ4n) is 3.81. The van der Waals surface area contributed by atoms with Crippen molar-refractivity contribution in [3.8, 4) is 0 Å². The second kappa shape index (κ2) is 11.9. The zero-order valence-corrected chi connectivity index (χ0v) is 18.3. The molecular formula is C18H35IN4O2. The van der Waals surface area contributed by atoms with E-state index >= 15 is 0 Å². The lowest BCUT2D eigenvalue weighted by Crippen LogP contribution is -2.47. The number of rotatable bonds is 5. The lowest BCUT2D eigenvalue weighted by molar-refractivity contribution is -0.146. The summed E-state index contributed by atoms with van der Waals surface area (Å²) in [5, 5.41) is 3.52. The summed E-state index contributed by atoms with van der Waals surface area (Å²) in [6.45, 7) is 8.64. The monoisotopic (exact) mass is 466 g/mol. The highest BCUT2D eigenvalue weighted by atomic mass is 127. The summed E-state index contributed by atoms with van der Waals surface area (Å²) in [6.07, 6.45) is 5.55. The molecule has 0 aromatic carbocycles. The van der Waals surface area contributed by atoms with Gasteiger partial charge >= 0.3 is 5.97 Å². The van der Waals surface area contributed by atoms with Gasteiger partial charge in [0, 0.05) is 26.7 Å². The standard InChI is InChI=1S/C18H34N4O2.HI/c1-4-21-11-6-15(7-12-21)5-10-20-18(19-2)22-13-8-16(9-14-22)17(23)24-3;/h15-16H,4-14H2,1-3H3,(H,19,20);1H. The van der Waals surface area contributed by atoms with Gasteiger partial charge in [-0.15, -0.1) is 24.0 Å². The maximum Gasteiger partial charge on any atom is 0.308 e. The fourth-order valence-corrected chi connectivity index (χ4v) is 3.81. The summed E-state index contributed by atoms with van der Waals surface area (Å²) in [6, 6.07) is 0.